The number of ether oxygens (including phenoxy) is 2. The molecule has 0 fully saturated rings. The van der Waals surface area contributed by atoms with Crippen LogP contribution in [0.4, 0.5) is 0 Å². The molecule has 92 valence electrons. The standard InChI is InChI=1S/C13H23NO2/c1-3-4-5-9-16-13-7-6-12(11-14-13)8-10-15-2/h6,11,13H,3-5,7-10H2,1-2H3. The van der Waals surface area contributed by atoms with E-state index >= 15 is 0 Å². The van der Waals surface area contributed by atoms with Crippen LogP contribution in [0.25, 0.3) is 0 Å². The molecule has 0 bridgehead atoms. The van der Waals surface area contributed by atoms with Crippen molar-refractivity contribution in [1.29, 1.82) is 0 Å². The largest absolute Gasteiger partial charge is 0.384 e. The maximum absolute atomic E-state index is 5.66. The van der Waals surface area contributed by atoms with Crippen molar-refractivity contribution in [3.05, 3.63) is 11.6 Å². The van der Waals surface area contributed by atoms with Gasteiger partial charge in [0.25, 0.3) is 0 Å². The number of hydrogen-bond acceptors (Lipinski definition) is 3. The number of unbranched alkanes of at least 4 members (excludes halogenated alkanes) is 2. The maximum Gasteiger partial charge on any atom is 0.151 e. The highest BCUT2D eigenvalue weighted by Gasteiger charge is 2.09. The number of dihydropyridines is 1. The van der Waals surface area contributed by atoms with E-state index in [1.807, 2.05) is 6.21 Å². The van der Waals surface area contributed by atoms with E-state index in [9.17, 15) is 0 Å². The third-order valence-electron chi connectivity index (χ3n) is 2.64. The van der Waals surface area contributed by atoms with Gasteiger partial charge in [-0.15, -0.1) is 0 Å². The van der Waals surface area contributed by atoms with E-state index in [0.717, 1.165) is 32.5 Å². The first-order valence-corrected chi connectivity index (χ1v) is 6.19. The second-order valence-electron chi connectivity index (χ2n) is 4.07. The summed E-state index contributed by atoms with van der Waals surface area (Å²) in [5, 5.41) is 0. The summed E-state index contributed by atoms with van der Waals surface area (Å²) < 4.78 is 10.7. The van der Waals surface area contributed by atoms with Crippen LogP contribution in [0.15, 0.2) is 16.6 Å². The summed E-state index contributed by atoms with van der Waals surface area (Å²) in [6.45, 7) is 3.79. The van der Waals surface area contributed by atoms with Crippen LogP contribution in [-0.4, -0.2) is 32.8 Å². The molecule has 0 aromatic rings. The van der Waals surface area contributed by atoms with E-state index in [1.54, 1.807) is 7.11 Å². The van der Waals surface area contributed by atoms with Gasteiger partial charge in [0.2, 0.25) is 0 Å². The Balaban J connectivity index is 2.12. The van der Waals surface area contributed by atoms with Crippen molar-refractivity contribution in [3.63, 3.8) is 0 Å². The molecule has 1 rings (SSSR count). The zero-order valence-electron chi connectivity index (χ0n) is 10.4. The van der Waals surface area contributed by atoms with Gasteiger partial charge in [0, 0.05) is 26.4 Å². The molecule has 0 saturated heterocycles. The van der Waals surface area contributed by atoms with Crippen LogP contribution < -0.4 is 0 Å². The van der Waals surface area contributed by atoms with Gasteiger partial charge in [-0.1, -0.05) is 25.8 Å². The van der Waals surface area contributed by atoms with Crippen LogP contribution in [0, 0.1) is 0 Å². The molecule has 1 aliphatic rings. The average Bonchev–Trinajstić information content (AvgIpc) is 2.33. The Bertz CT molecular complexity index is 236. The van der Waals surface area contributed by atoms with Gasteiger partial charge in [-0.05, 0) is 18.4 Å². The Morgan fingerprint density at radius 2 is 2.25 bits per heavy atom. The summed E-state index contributed by atoms with van der Waals surface area (Å²) in [4.78, 5) is 4.39. The van der Waals surface area contributed by atoms with E-state index in [4.69, 9.17) is 9.47 Å². The maximum atomic E-state index is 5.66. The normalized spacial score (nSPS) is 19.9. The first-order valence-electron chi connectivity index (χ1n) is 6.19. The topological polar surface area (TPSA) is 30.8 Å². The summed E-state index contributed by atoms with van der Waals surface area (Å²) >= 11 is 0. The first kappa shape index (κ1) is 13.4. The lowest BCUT2D eigenvalue weighted by atomic mass is 10.1. The Kier molecular flexibility index (Phi) is 7.10. The van der Waals surface area contributed by atoms with Crippen molar-refractivity contribution >= 4 is 6.21 Å². The molecular formula is C13H23NO2. The monoisotopic (exact) mass is 225 g/mol. The molecule has 3 nitrogen and oxygen atoms in total. The van der Waals surface area contributed by atoms with Gasteiger partial charge in [0.1, 0.15) is 0 Å². The molecule has 0 spiro atoms. The summed E-state index contributed by atoms with van der Waals surface area (Å²) in [5.41, 5.74) is 1.26. The lowest BCUT2D eigenvalue weighted by Crippen LogP contribution is -2.14. The van der Waals surface area contributed by atoms with E-state index in [0.29, 0.717) is 0 Å². The van der Waals surface area contributed by atoms with Crippen molar-refractivity contribution in [2.24, 2.45) is 4.99 Å². The molecule has 0 aliphatic carbocycles. The van der Waals surface area contributed by atoms with Crippen molar-refractivity contribution in [2.45, 2.75) is 45.3 Å². The summed E-state index contributed by atoms with van der Waals surface area (Å²) in [6.07, 6.45) is 9.64. The quantitative estimate of drug-likeness (QED) is 0.595. The molecule has 0 aromatic carbocycles. The van der Waals surface area contributed by atoms with Gasteiger partial charge >= 0.3 is 0 Å². The lowest BCUT2D eigenvalue weighted by Gasteiger charge is -2.16. The van der Waals surface area contributed by atoms with Crippen molar-refractivity contribution in [2.75, 3.05) is 20.3 Å². The third-order valence-corrected chi connectivity index (χ3v) is 2.64. The fourth-order valence-corrected chi connectivity index (χ4v) is 1.61. The Hall–Kier alpha value is -0.670. The molecule has 0 N–H and O–H groups in total. The van der Waals surface area contributed by atoms with Crippen LogP contribution in [0.3, 0.4) is 0 Å². The van der Waals surface area contributed by atoms with Crippen LogP contribution in [0.1, 0.15) is 39.0 Å². The van der Waals surface area contributed by atoms with Crippen LogP contribution in [0.2, 0.25) is 0 Å². The molecule has 0 amide bonds. The first-order chi connectivity index (χ1) is 7.86. The highest BCUT2D eigenvalue weighted by molar-refractivity contribution is 5.79. The van der Waals surface area contributed by atoms with Gasteiger partial charge in [0.15, 0.2) is 6.23 Å². The average molecular weight is 225 g/mol. The third kappa shape index (κ3) is 5.42. The number of methoxy groups -OCH3 is 1. The highest BCUT2D eigenvalue weighted by atomic mass is 16.5. The van der Waals surface area contributed by atoms with Gasteiger partial charge in [-0.25, -0.2) is 0 Å². The second kappa shape index (κ2) is 8.48. The number of hydrogen-bond donors (Lipinski definition) is 0. The minimum Gasteiger partial charge on any atom is -0.384 e. The van der Waals surface area contributed by atoms with Gasteiger partial charge in [-0.2, -0.15) is 0 Å². The summed E-state index contributed by atoms with van der Waals surface area (Å²) in [5.74, 6) is 0. The van der Waals surface area contributed by atoms with Crippen molar-refractivity contribution < 1.29 is 9.47 Å². The molecule has 0 radical (unpaired) electrons. The van der Waals surface area contributed by atoms with Crippen LogP contribution >= 0.6 is 0 Å². The van der Waals surface area contributed by atoms with Crippen LogP contribution in [0.5, 0.6) is 0 Å². The Morgan fingerprint density at radius 3 is 2.88 bits per heavy atom. The fraction of sp³-hybridized carbons (Fsp3) is 0.769. The van der Waals surface area contributed by atoms with Gasteiger partial charge < -0.3 is 9.47 Å². The molecule has 1 aliphatic heterocycles. The molecule has 0 saturated carbocycles. The second-order valence-corrected chi connectivity index (χ2v) is 4.07. The zero-order valence-corrected chi connectivity index (χ0v) is 10.4. The van der Waals surface area contributed by atoms with Crippen molar-refractivity contribution in [3.8, 4) is 0 Å². The Morgan fingerprint density at radius 1 is 1.38 bits per heavy atom. The Labute approximate surface area is 98.5 Å². The minimum absolute atomic E-state index is 0.0446. The van der Waals surface area contributed by atoms with Gasteiger partial charge in [-0.3, -0.25) is 4.99 Å². The predicted octanol–water partition coefficient (Wildman–Crippen LogP) is 2.96. The summed E-state index contributed by atoms with van der Waals surface area (Å²) in [7, 11) is 1.72. The van der Waals surface area contributed by atoms with E-state index in [1.165, 1.54) is 18.4 Å². The smallest absolute Gasteiger partial charge is 0.151 e. The highest BCUT2D eigenvalue weighted by Crippen LogP contribution is 2.13. The fourth-order valence-electron chi connectivity index (χ4n) is 1.61. The van der Waals surface area contributed by atoms with E-state index in [2.05, 4.69) is 18.0 Å². The molecule has 1 unspecified atom stereocenters. The summed E-state index contributed by atoms with van der Waals surface area (Å²) in [6, 6.07) is 0. The van der Waals surface area contributed by atoms with E-state index < -0.39 is 0 Å². The van der Waals surface area contributed by atoms with Crippen molar-refractivity contribution in [1.82, 2.24) is 0 Å². The lowest BCUT2D eigenvalue weighted by molar-refractivity contribution is 0.0583. The zero-order chi connectivity index (χ0) is 11.6. The number of nitrogens with zero attached hydrogens (tertiary/aromatic N) is 1. The van der Waals surface area contributed by atoms with Gasteiger partial charge in [0.05, 0.1) is 6.61 Å². The molecule has 16 heavy (non-hydrogen) atoms. The predicted molar refractivity (Wildman–Crippen MR) is 67.0 cm³/mol. The molecular weight excluding hydrogens is 202 g/mol. The molecule has 1 atom stereocenters. The number of rotatable bonds is 8. The molecule has 0 aromatic heterocycles. The van der Waals surface area contributed by atoms with Crippen LogP contribution in [-0.2, 0) is 9.47 Å². The van der Waals surface area contributed by atoms with E-state index in [-0.39, 0.29) is 6.23 Å². The molecule has 1 heterocycles. The number of aliphatic imine (C=N–C) groups is 1. The molecule has 3 heteroatoms. The minimum atomic E-state index is 0.0446. The SMILES string of the molecule is CCCCCOC1CC=C(CCOC)C=N1.